The molecule has 0 bridgehead atoms. The molecule has 2 aliphatic rings. The van der Waals surface area contributed by atoms with Crippen molar-refractivity contribution in [2.75, 3.05) is 18.8 Å². The molecule has 4 aromatic rings. The molecule has 8 nitrogen and oxygen atoms in total. The van der Waals surface area contributed by atoms with Gasteiger partial charge in [-0.25, -0.2) is 18.7 Å². The monoisotopic (exact) mass is 493 g/mol. The molecule has 36 heavy (non-hydrogen) atoms. The van der Waals surface area contributed by atoms with Gasteiger partial charge < -0.3 is 15.2 Å². The van der Waals surface area contributed by atoms with E-state index in [1.165, 1.54) is 0 Å². The standard InChI is InChI=1S/C26H29F2N7O/c1-14(2)35-22-18-6-5-15(19-7-8-30-33-19)10-20(18)31-23(29)21(22)32-24(35)16-4-3-9-34(13-16)25(36)17-11-26(27,28)12-17/h5-8,10,14,16-17H,3-4,9,11-13H2,1-2H3,(H2,29,31)(H,30,33)/t16-/m0/s1. The molecule has 0 radical (unpaired) electrons. The van der Waals surface area contributed by atoms with E-state index in [2.05, 4.69) is 33.6 Å². The predicted molar refractivity (Wildman–Crippen MR) is 134 cm³/mol. The molecule has 0 unspecified atom stereocenters. The quantitative estimate of drug-likeness (QED) is 0.421. The minimum atomic E-state index is -2.70. The summed E-state index contributed by atoms with van der Waals surface area (Å²) in [5.41, 5.74) is 10.5. The van der Waals surface area contributed by atoms with Crippen molar-refractivity contribution in [3.05, 3.63) is 36.3 Å². The highest BCUT2D eigenvalue weighted by molar-refractivity contribution is 6.07. The first-order valence-electron chi connectivity index (χ1n) is 12.5. The third kappa shape index (κ3) is 3.70. The van der Waals surface area contributed by atoms with Crippen LogP contribution in [0, 0.1) is 5.92 Å². The molecule has 3 N–H and O–H groups in total. The molecule has 1 amide bonds. The van der Waals surface area contributed by atoms with Crippen molar-refractivity contribution in [1.82, 2.24) is 29.6 Å². The van der Waals surface area contributed by atoms with Crippen LogP contribution in [-0.2, 0) is 4.79 Å². The number of alkyl halides is 2. The summed E-state index contributed by atoms with van der Waals surface area (Å²) in [7, 11) is 0. The van der Waals surface area contributed by atoms with Crippen LogP contribution in [0.15, 0.2) is 30.5 Å². The molecule has 1 aliphatic heterocycles. The van der Waals surface area contributed by atoms with Crippen molar-refractivity contribution in [3.8, 4) is 11.3 Å². The maximum Gasteiger partial charge on any atom is 0.249 e. The van der Waals surface area contributed by atoms with Gasteiger partial charge in [0.25, 0.3) is 0 Å². The Morgan fingerprint density at radius 3 is 2.72 bits per heavy atom. The number of halogens is 2. The topological polar surface area (TPSA) is 106 Å². The lowest BCUT2D eigenvalue weighted by atomic mass is 9.80. The normalized spacial score (nSPS) is 20.4. The molecule has 1 aromatic carbocycles. The zero-order chi connectivity index (χ0) is 25.2. The number of hydrogen-bond donors (Lipinski definition) is 2. The minimum absolute atomic E-state index is 0.00383. The highest BCUT2D eigenvalue weighted by Crippen LogP contribution is 2.44. The second-order valence-corrected chi connectivity index (χ2v) is 10.4. The molecular formula is C26H29F2N7O. The lowest BCUT2D eigenvalue weighted by molar-refractivity contribution is -0.160. The second kappa shape index (κ2) is 8.25. The Morgan fingerprint density at radius 2 is 2.03 bits per heavy atom. The number of carbonyl (C=O) groups is 1. The molecule has 1 atom stereocenters. The second-order valence-electron chi connectivity index (χ2n) is 10.4. The van der Waals surface area contributed by atoms with E-state index in [1.807, 2.05) is 24.3 Å². The van der Waals surface area contributed by atoms with E-state index in [-0.39, 0.29) is 30.7 Å². The van der Waals surface area contributed by atoms with Gasteiger partial charge in [0.05, 0.1) is 16.7 Å². The number of anilines is 1. The number of hydrogen-bond acceptors (Lipinski definition) is 5. The van der Waals surface area contributed by atoms with Crippen LogP contribution in [0.5, 0.6) is 0 Å². The summed E-state index contributed by atoms with van der Waals surface area (Å²) in [6.07, 6.45) is 2.77. The van der Waals surface area contributed by atoms with E-state index < -0.39 is 11.8 Å². The third-order valence-electron chi connectivity index (χ3n) is 7.53. The molecule has 6 rings (SSSR count). The van der Waals surface area contributed by atoms with E-state index >= 15 is 0 Å². The Morgan fingerprint density at radius 1 is 1.22 bits per heavy atom. The summed E-state index contributed by atoms with van der Waals surface area (Å²) in [6.45, 7) is 5.29. The number of benzene rings is 1. The van der Waals surface area contributed by atoms with Crippen LogP contribution < -0.4 is 5.73 Å². The summed E-state index contributed by atoms with van der Waals surface area (Å²) in [4.78, 5) is 24.3. The van der Waals surface area contributed by atoms with Gasteiger partial charge in [-0.05, 0) is 44.9 Å². The average molecular weight is 494 g/mol. The van der Waals surface area contributed by atoms with Gasteiger partial charge in [0.2, 0.25) is 11.8 Å². The maximum absolute atomic E-state index is 13.4. The smallest absolute Gasteiger partial charge is 0.249 e. The molecular weight excluding hydrogens is 464 g/mol. The van der Waals surface area contributed by atoms with Crippen molar-refractivity contribution >= 4 is 33.7 Å². The SMILES string of the molecule is CC(C)n1c([C@H]2CCCN(C(=O)C3CC(F)(F)C3)C2)nc2c(N)nc3cc(-c4cc[nH]n4)ccc3c21. The minimum Gasteiger partial charge on any atom is -0.382 e. The number of carbonyl (C=O) groups excluding carboxylic acids is 1. The molecule has 2 fully saturated rings. The number of piperidine rings is 1. The highest BCUT2D eigenvalue weighted by atomic mass is 19.3. The van der Waals surface area contributed by atoms with Crippen LogP contribution in [0.3, 0.4) is 0 Å². The van der Waals surface area contributed by atoms with E-state index in [9.17, 15) is 13.6 Å². The van der Waals surface area contributed by atoms with Crippen molar-refractivity contribution < 1.29 is 13.6 Å². The number of aromatic nitrogens is 5. The van der Waals surface area contributed by atoms with Crippen molar-refractivity contribution in [2.45, 2.75) is 57.4 Å². The first-order chi connectivity index (χ1) is 17.2. The molecule has 1 aliphatic carbocycles. The zero-order valence-corrected chi connectivity index (χ0v) is 20.3. The number of fused-ring (bicyclic) bond motifs is 3. The predicted octanol–water partition coefficient (Wildman–Crippen LogP) is 4.89. The maximum atomic E-state index is 13.4. The van der Waals surface area contributed by atoms with Crippen molar-refractivity contribution in [1.29, 1.82) is 0 Å². The van der Waals surface area contributed by atoms with Crippen LogP contribution in [0.1, 0.15) is 57.3 Å². The zero-order valence-electron chi connectivity index (χ0n) is 20.3. The molecule has 0 spiro atoms. The summed E-state index contributed by atoms with van der Waals surface area (Å²) in [5.74, 6) is -2.21. The van der Waals surface area contributed by atoms with Gasteiger partial charge in [0, 0.05) is 61.0 Å². The van der Waals surface area contributed by atoms with E-state index in [4.69, 9.17) is 10.7 Å². The summed E-state index contributed by atoms with van der Waals surface area (Å²) in [5, 5.41) is 8.05. The van der Waals surface area contributed by atoms with Gasteiger partial charge in [-0.2, -0.15) is 5.10 Å². The summed E-state index contributed by atoms with van der Waals surface area (Å²) < 4.78 is 29.0. The number of imidazole rings is 1. The highest BCUT2D eigenvalue weighted by Gasteiger charge is 2.50. The van der Waals surface area contributed by atoms with Gasteiger partial charge in [0.15, 0.2) is 5.82 Å². The Hall–Kier alpha value is -3.56. The van der Waals surface area contributed by atoms with Gasteiger partial charge in [-0.15, -0.1) is 0 Å². The average Bonchev–Trinajstić information content (AvgIpc) is 3.51. The number of likely N-dealkylation sites (tertiary alicyclic amines) is 1. The molecule has 1 saturated heterocycles. The third-order valence-corrected chi connectivity index (χ3v) is 7.53. The van der Waals surface area contributed by atoms with E-state index in [0.717, 1.165) is 46.3 Å². The Kier molecular flexibility index (Phi) is 5.24. The van der Waals surface area contributed by atoms with Crippen molar-refractivity contribution in [3.63, 3.8) is 0 Å². The Bertz CT molecular complexity index is 1450. The van der Waals surface area contributed by atoms with E-state index in [0.29, 0.717) is 24.4 Å². The number of nitrogens with one attached hydrogen (secondary N) is 1. The fourth-order valence-electron chi connectivity index (χ4n) is 5.77. The van der Waals surface area contributed by atoms with Crippen molar-refractivity contribution in [2.24, 2.45) is 5.92 Å². The fourth-order valence-corrected chi connectivity index (χ4v) is 5.77. The summed E-state index contributed by atoms with van der Waals surface area (Å²) >= 11 is 0. The molecule has 4 heterocycles. The van der Waals surface area contributed by atoms with Crippen LogP contribution >= 0.6 is 0 Å². The van der Waals surface area contributed by atoms with E-state index in [1.54, 1.807) is 11.1 Å². The number of amides is 1. The van der Waals surface area contributed by atoms with Gasteiger partial charge >= 0.3 is 0 Å². The Labute approximate surface area is 206 Å². The van der Waals surface area contributed by atoms with Gasteiger partial charge in [-0.3, -0.25) is 9.89 Å². The van der Waals surface area contributed by atoms with Crippen LogP contribution in [0.4, 0.5) is 14.6 Å². The lowest BCUT2D eigenvalue weighted by Gasteiger charge is -2.40. The number of aromatic amines is 1. The van der Waals surface area contributed by atoms with Crippen LogP contribution in [-0.4, -0.2) is 54.6 Å². The van der Waals surface area contributed by atoms with Gasteiger partial charge in [0.1, 0.15) is 11.3 Å². The number of rotatable bonds is 4. The number of pyridine rings is 1. The number of nitrogens with two attached hydrogens (primary N) is 1. The molecule has 188 valence electrons. The number of nitrogens with zero attached hydrogens (tertiary/aromatic N) is 5. The fraction of sp³-hybridized carbons (Fsp3) is 0.462. The summed E-state index contributed by atoms with van der Waals surface area (Å²) in [6, 6.07) is 8.03. The number of nitrogen functional groups attached to an aromatic ring is 1. The van der Waals surface area contributed by atoms with Crippen LogP contribution in [0.2, 0.25) is 0 Å². The first-order valence-corrected chi connectivity index (χ1v) is 12.5. The van der Waals surface area contributed by atoms with Crippen LogP contribution in [0.25, 0.3) is 33.2 Å². The lowest BCUT2D eigenvalue weighted by Crippen LogP contribution is -2.49. The number of H-pyrrole nitrogens is 1. The first kappa shape index (κ1) is 22.9. The molecule has 3 aromatic heterocycles. The largest absolute Gasteiger partial charge is 0.382 e. The van der Waals surface area contributed by atoms with Gasteiger partial charge in [-0.1, -0.05) is 6.07 Å². The molecule has 1 saturated carbocycles. The molecule has 10 heteroatoms. The Balaban J connectivity index is 1.40.